The number of methoxy groups -OCH3 is 1. The van der Waals surface area contributed by atoms with E-state index in [2.05, 4.69) is 27.7 Å². The third-order valence-corrected chi connectivity index (χ3v) is 5.06. The zero-order valence-electron chi connectivity index (χ0n) is 11.8. The Hall–Kier alpha value is -1.09. The molecule has 1 aliphatic rings. The van der Waals surface area contributed by atoms with Crippen LogP contribution in [0, 0.1) is 22.6 Å². The average Bonchev–Trinajstić information content (AvgIpc) is 2.69. The van der Waals surface area contributed by atoms with Crippen molar-refractivity contribution in [2.24, 2.45) is 22.5 Å². The van der Waals surface area contributed by atoms with Crippen LogP contribution in [0.1, 0.15) is 39.3 Å². The molecule has 1 saturated carbocycles. The number of nitrogens with two attached hydrogens (primary N) is 1. The van der Waals surface area contributed by atoms with Crippen molar-refractivity contribution in [2.45, 2.75) is 33.7 Å². The molecular weight excluding hydrogens is 229 g/mol. The number of benzene rings is 1. The molecule has 0 aliphatic heterocycles. The molecule has 1 aliphatic carbocycles. The smallest absolute Gasteiger partial charge is 0.169 e. The third-order valence-electron chi connectivity index (χ3n) is 5.06. The van der Waals surface area contributed by atoms with E-state index in [0.29, 0.717) is 5.56 Å². The van der Waals surface area contributed by atoms with Gasteiger partial charge in [0.2, 0.25) is 0 Å². The van der Waals surface area contributed by atoms with E-state index < -0.39 is 0 Å². The molecule has 0 amide bonds. The standard InChI is InChI=1S/C15H22FNO/c1-14(2)13(15(14,3)4)12(17)9-7-6-8-10(18-5)11(9)16/h6-8,12-13H,17H2,1-5H3. The maximum Gasteiger partial charge on any atom is 0.169 e. The summed E-state index contributed by atoms with van der Waals surface area (Å²) in [6.07, 6.45) is 0. The van der Waals surface area contributed by atoms with Crippen LogP contribution >= 0.6 is 0 Å². The van der Waals surface area contributed by atoms with Crippen LogP contribution in [-0.2, 0) is 0 Å². The van der Waals surface area contributed by atoms with Crippen LogP contribution in [-0.4, -0.2) is 7.11 Å². The van der Waals surface area contributed by atoms with Gasteiger partial charge in [-0.2, -0.15) is 0 Å². The predicted octanol–water partition coefficient (Wildman–Crippen LogP) is 3.52. The van der Waals surface area contributed by atoms with Crippen LogP contribution in [0.3, 0.4) is 0 Å². The van der Waals surface area contributed by atoms with Gasteiger partial charge in [0, 0.05) is 11.6 Å². The van der Waals surface area contributed by atoms with Gasteiger partial charge < -0.3 is 10.5 Å². The minimum Gasteiger partial charge on any atom is -0.494 e. The molecule has 0 aromatic heterocycles. The Balaban J connectivity index is 2.34. The number of hydrogen-bond donors (Lipinski definition) is 1. The van der Waals surface area contributed by atoms with Crippen LogP contribution in [0.5, 0.6) is 5.75 Å². The lowest BCUT2D eigenvalue weighted by Gasteiger charge is -2.16. The lowest BCUT2D eigenvalue weighted by Crippen LogP contribution is -2.18. The van der Waals surface area contributed by atoms with Crippen LogP contribution in [0.15, 0.2) is 18.2 Å². The molecule has 0 heterocycles. The Morgan fingerprint density at radius 3 is 2.22 bits per heavy atom. The van der Waals surface area contributed by atoms with Crippen LogP contribution in [0.25, 0.3) is 0 Å². The molecule has 0 saturated heterocycles. The van der Waals surface area contributed by atoms with Crippen LogP contribution in [0.2, 0.25) is 0 Å². The second kappa shape index (κ2) is 3.95. The van der Waals surface area contributed by atoms with E-state index >= 15 is 0 Å². The molecule has 2 nitrogen and oxygen atoms in total. The number of ether oxygens (including phenoxy) is 1. The van der Waals surface area contributed by atoms with Gasteiger partial charge in [-0.05, 0) is 22.8 Å². The fraction of sp³-hybridized carbons (Fsp3) is 0.600. The second-order valence-corrected chi connectivity index (χ2v) is 6.31. The Morgan fingerprint density at radius 1 is 1.22 bits per heavy atom. The summed E-state index contributed by atoms with van der Waals surface area (Å²) < 4.78 is 19.2. The molecule has 0 radical (unpaired) electrons. The molecule has 1 atom stereocenters. The molecule has 1 aromatic carbocycles. The number of halogens is 1. The fourth-order valence-corrected chi connectivity index (χ4v) is 3.27. The molecule has 100 valence electrons. The predicted molar refractivity (Wildman–Crippen MR) is 70.9 cm³/mol. The van der Waals surface area contributed by atoms with Crippen LogP contribution in [0.4, 0.5) is 4.39 Å². The molecule has 1 fully saturated rings. The van der Waals surface area contributed by atoms with Gasteiger partial charge in [0.05, 0.1) is 7.11 Å². The van der Waals surface area contributed by atoms with Gasteiger partial charge in [-0.3, -0.25) is 0 Å². The Labute approximate surface area is 108 Å². The summed E-state index contributed by atoms with van der Waals surface area (Å²) in [6.45, 7) is 8.76. The molecule has 1 unspecified atom stereocenters. The van der Waals surface area contributed by atoms with Crippen LogP contribution < -0.4 is 10.5 Å². The van der Waals surface area contributed by atoms with E-state index in [0.717, 1.165) is 0 Å². The highest BCUT2D eigenvalue weighted by molar-refractivity contribution is 5.35. The normalized spacial score (nSPS) is 22.6. The van der Waals surface area contributed by atoms with E-state index in [1.807, 2.05) is 0 Å². The first-order valence-electron chi connectivity index (χ1n) is 6.33. The number of rotatable bonds is 3. The van der Waals surface area contributed by atoms with Crippen molar-refractivity contribution in [3.05, 3.63) is 29.6 Å². The molecule has 0 spiro atoms. The molecule has 2 N–H and O–H groups in total. The first-order valence-corrected chi connectivity index (χ1v) is 6.33. The molecule has 2 rings (SSSR count). The summed E-state index contributed by atoms with van der Waals surface area (Å²) in [7, 11) is 1.47. The fourth-order valence-electron chi connectivity index (χ4n) is 3.27. The Bertz CT molecular complexity index is 454. The van der Waals surface area contributed by atoms with E-state index in [-0.39, 0.29) is 34.4 Å². The van der Waals surface area contributed by atoms with Gasteiger partial charge >= 0.3 is 0 Å². The minimum absolute atomic E-state index is 0.141. The average molecular weight is 251 g/mol. The summed E-state index contributed by atoms with van der Waals surface area (Å²) in [5, 5.41) is 0. The lowest BCUT2D eigenvalue weighted by molar-refractivity contribution is 0.378. The van der Waals surface area contributed by atoms with E-state index in [9.17, 15) is 4.39 Å². The molecule has 18 heavy (non-hydrogen) atoms. The first kappa shape index (κ1) is 13.3. The van der Waals surface area contributed by atoms with Crippen molar-refractivity contribution in [2.75, 3.05) is 7.11 Å². The maximum absolute atomic E-state index is 14.2. The van der Waals surface area contributed by atoms with E-state index in [1.54, 1.807) is 18.2 Å². The van der Waals surface area contributed by atoms with Crippen molar-refractivity contribution in [3.8, 4) is 5.75 Å². The molecule has 0 bridgehead atoms. The van der Waals surface area contributed by atoms with Gasteiger partial charge in [0.25, 0.3) is 0 Å². The minimum atomic E-state index is -0.328. The van der Waals surface area contributed by atoms with Gasteiger partial charge in [0.15, 0.2) is 11.6 Å². The highest BCUT2D eigenvalue weighted by atomic mass is 19.1. The molecular formula is C15H22FNO. The monoisotopic (exact) mass is 251 g/mol. The highest BCUT2D eigenvalue weighted by Crippen LogP contribution is 2.71. The zero-order chi connectivity index (χ0) is 13.7. The van der Waals surface area contributed by atoms with Crippen molar-refractivity contribution < 1.29 is 9.13 Å². The number of hydrogen-bond acceptors (Lipinski definition) is 2. The second-order valence-electron chi connectivity index (χ2n) is 6.31. The first-order chi connectivity index (χ1) is 8.25. The van der Waals surface area contributed by atoms with Gasteiger partial charge in [0.1, 0.15) is 0 Å². The van der Waals surface area contributed by atoms with Gasteiger partial charge in [-0.1, -0.05) is 39.8 Å². The summed E-state index contributed by atoms with van der Waals surface area (Å²) in [5.41, 5.74) is 7.12. The van der Waals surface area contributed by atoms with E-state index in [1.165, 1.54) is 7.11 Å². The van der Waals surface area contributed by atoms with Crippen molar-refractivity contribution >= 4 is 0 Å². The van der Waals surface area contributed by atoms with Crippen molar-refractivity contribution in [1.29, 1.82) is 0 Å². The summed E-state index contributed by atoms with van der Waals surface area (Å²) in [5.74, 6) is 0.219. The van der Waals surface area contributed by atoms with Gasteiger partial charge in [-0.15, -0.1) is 0 Å². The largest absolute Gasteiger partial charge is 0.494 e. The summed E-state index contributed by atoms with van der Waals surface area (Å²) >= 11 is 0. The van der Waals surface area contributed by atoms with Crippen molar-refractivity contribution in [1.82, 2.24) is 0 Å². The third kappa shape index (κ3) is 1.64. The summed E-state index contributed by atoms with van der Waals surface area (Å²) in [4.78, 5) is 0. The molecule has 3 heteroatoms. The van der Waals surface area contributed by atoms with E-state index in [4.69, 9.17) is 10.5 Å². The highest BCUT2D eigenvalue weighted by Gasteiger charge is 2.66. The molecule has 1 aromatic rings. The SMILES string of the molecule is COc1cccc(C(N)C2C(C)(C)C2(C)C)c1F. The Morgan fingerprint density at radius 2 is 1.78 bits per heavy atom. The lowest BCUT2D eigenvalue weighted by atomic mass is 9.97. The van der Waals surface area contributed by atoms with Gasteiger partial charge in [-0.25, -0.2) is 4.39 Å². The topological polar surface area (TPSA) is 35.2 Å². The maximum atomic E-state index is 14.2. The summed E-state index contributed by atoms with van der Waals surface area (Å²) in [6, 6.07) is 4.88. The Kier molecular flexibility index (Phi) is 2.93. The quantitative estimate of drug-likeness (QED) is 0.892. The van der Waals surface area contributed by atoms with Crippen molar-refractivity contribution in [3.63, 3.8) is 0 Å². The zero-order valence-corrected chi connectivity index (χ0v) is 11.8.